The lowest BCUT2D eigenvalue weighted by Crippen LogP contribution is -2.35. The standard InChI is InChI=1S/C12H20N2/c1-3-14(9-11(2)13)10-12-7-5-4-6-8-12/h4-8,11H,3,9-10,13H2,1-2H3/t11-/m0/s1. The number of rotatable bonds is 5. The van der Waals surface area contributed by atoms with Crippen LogP contribution in [0.2, 0.25) is 0 Å². The van der Waals surface area contributed by atoms with Gasteiger partial charge in [-0.25, -0.2) is 0 Å². The Morgan fingerprint density at radius 1 is 1.29 bits per heavy atom. The minimum atomic E-state index is 0.249. The van der Waals surface area contributed by atoms with E-state index in [1.165, 1.54) is 5.56 Å². The summed E-state index contributed by atoms with van der Waals surface area (Å²) in [4.78, 5) is 2.36. The maximum Gasteiger partial charge on any atom is 0.0234 e. The van der Waals surface area contributed by atoms with Crippen LogP contribution in [-0.2, 0) is 6.54 Å². The van der Waals surface area contributed by atoms with Crippen LogP contribution >= 0.6 is 0 Å². The van der Waals surface area contributed by atoms with Gasteiger partial charge in [-0.3, -0.25) is 4.90 Å². The van der Waals surface area contributed by atoms with Crippen molar-refractivity contribution in [2.45, 2.75) is 26.4 Å². The van der Waals surface area contributed by atoms with Crippen molar-refractivity contribution in [1.29, 1.82) is 0 Å². The number of nitrogens with zero attached hydrogens (tertiary/aromatic N) is 1. The summed E-state index contributed by atoms with van der Waals surface area (Å²) in [5.41, 5.74) is 7.14. The van der Waals surface area contributed by atoms with Gasteiger partial charge in [0.05, 0.1) is 0 Å². The largest absolute Gasteiger partial charge is 0.327 e. The molecule has 0 saturated heterocycles. The van der Waals surface area contributed by atoms with Gasteiger partial charge in [-0.15, -0.1) is 0 Å². The summed E-state index contributed by atoms with van der Waals surface area (Å²) in [6.07, 6.45) is 0. The molecule has 0 amide bonds. The van der Waals surface area contributed by atoms with E-state index in [1.807, 2.05) is 13.0 Å². The van der Waals surface area contributed by atoms with E-state index in [4.69, 9.17) is 5.73 Å². The summed E-state index contributed by atoms with van der Waals surface area (Å²) >= 11 is 0. The summed E-state index contributed by atoms with van der Waals surface area (Å²) in [5.74, 6) is 0. The van der Waals surface area contributed by atoms with E-state index in [0.29, 0.717) is 0 Å². The summed E-state index contributed by atoms with van der Waals surface area (Å²) in [7, 11) is 0. The Balaban J connectivity index is 2.48. The number of nitrogens with two attached hydrogens (primary N) is 1. The van der Waals surface area contributed by atoms with Gasteiger partial charge in [-0.1, -0.05) is 37.3 Å². The summed E-state index contributed by atoms with van der Waals surface area (Å²) in [6.45, 7) is 7.24. The van der Waals surface area contributed by atoms with Crippen molar-refractivity contribution in [3.05, 3.63) is 35.9 Å². The molecule has 0 fully saturated rings. The molecule has 14 heavy (non-hydrogen) atoms. The van der Waals surface area contributed by atoms with Crippen molar-refractivity contribution >= 4 is 0 Å². The van der Waals surface area contributed by atoms with Gasteiger partial charge in [-0.2, -0.15) is 0 Å². The molecule has 0 saturated carbocycles. The van der Waals surface area contributed by atoms with Gasteiger partial charge in [0.2, 0.25) is 0 Å². The molecule has 0 aliphatic carbocycles. The molecule has 1 rings (SSSR count). The Labute approximate surface area is 86.7 Å². The fourth-order valence-corrected chi connectivity index (χ4v) is 1.55. The molecule has 0 heterocycles. The second-order valence-corrected chi connectivity index (χ2v) is 3.79. The van der Waals surface area contributed by atoms with Gasteiger partial charge < -0.3 is 5.73 Å². The van der Waals surface area contributed by atoms with Crippen molar-refractivity contribution in [3.63, 3.8) is 0 Å². The third kappa shape index (κ3) is 3.90. The number of benzene rings is 1. The molecule has 1 aromatic carbocycles. The molecule has 1 aromatic rings. The van der Waals surface area contributed by atoms with Gasteiger partial charge in [-0.05, 0) is 19.0 Å². The van der Waals surface area contributed by atoms with Crippen LogP contribution in [0.15, 0.2) is 30.3 Å². The molecule has 0 aliphatic rings. The maximum atomic E-state index is 5.78. The average Bonchev–Trinajstić information content (AvgIpc) is 2.17. The Kier molecular flexibility index (Phi) is 4.63. The predicted molar refractivity (Wildman–Crippen MR) is 61.0 cm³/mol. The first-order valence-electron chi connectivity index (χ1n) is 5.24. The Bertz CT molecular complexity index is 244. The van der Waals surface area contributed by atoms with Crippen LogP contribution in [0.25, 0.3) is 0 Å². The molecular weight excluding hydrogens is 172 g/mol. The van der Waals surface area contributed by atoms with Crippen molar-refractivity contribution in [2.75, 3.05) is 13.1 Å². The topological polar surface area (TPSA) is 29.3 Å². The molecule has 2 N–H and O–H groups in total. The van der Waals surface area contributed by atoms with E-state index in [2.05, 4.69) is 36.1 Å². The fraction of sp³-hybridized carbons (Fsp3) is 0.500. The van der Waals surface area contributed by atoms with Crippen LogP contribution in [0.5, 0.6) is 0 Å². The molecular formula is C12H20N2. The number of hydrogen-bond donors (Lipinski definition) is 1. The van der Waals surface area contributed by atoms with Gasteiger partial charge in [0.1, 0.15) is 0 Å². The predicted octanol–water partition coefficient (Wildman–Crippen LogP) is 1.86. The molecule has 0 aliphatic heterocycles. The summed E-state index contributed by atoms with van der Waals surface area (Å²) in [6, 6.07) is 10.8. The fourth-order valence-electron chi connectivity index (χ4n) is 1.55. The first kappa shape index (κ1) is 11.2. The number of likely N-dealkylation sites (N-methyl/N-ethyl adjacent to an activating group) is 1. The van der Waals surface area contributed by atoms with Crippen molar-refractivity contribution in [3.8, 4) is 0 Å². The van der Waals surface area contributed by atoms with E-state index in [0.717, 1.165) is 19.6 Å². The highest BCUT2D eigenvalue weighted by molar-refractivity contribution is 5.14. The van der Waals surface area contributed by atoms with E-state index >= 15 is 0 Å². The van der Waals surface area contributed by atoms with Crippen LogP contribution in [-0.4, -0.2) is 24.0 Å². The molecule has 1 atom stereocenters. The van der Waals surface area contributed by atoms with E-state index in [1.54, 1.807) is 0 Å². The van der Waals surface area contributed by atoms with Crippen LogP contribution in [0.3, 0.4) is 0 Å². The van der Waals surface area contributed by atoms with Crippen LogP contribution in [0.4, 0.5) is 0 Å². The molecule has 0 unspecified atom stereocenters. The number of hydrogen-bond acceptors (Lipinski definition) is 2. The minimum Gasteiger partial charge on any atom is -0.327 e. The van der Waals surface area contributed by atoms with Crippen molar-refractivity contribution in [2.24, 2.45) is 5.73 Å². The Morgan fingerprint density at radius 2 is 1.93 bits per heavy atom. The smallest absolute Gasteiger partial charge is 0.0234 e. The second-order valence-electron chi connectivity index (χ2n) is 3.79. The lowest BCUT2D eigenvalue weighted by atomic mass is 10.2. The first-order valence-corrected chi connectivity index (χ1v) is 5.24. The Morgan fingerprint density at radius 3 is 2.43 bits per heavy atom. The van der Waals surface area contributed by atoms with Crippen LogP contribution < -0.4 is 5.73 Å². The summed E-state index contributed by atoms with van der Waals surface area (Å²) in [5, 5.41) is 0. The molecule has 0 bridgehead atoms. The lowest BCUT2D eigenvalue weighted by molar-refractivity contribution is 0.266. The zero-order valence-corrected chi connectivity index (χ0v) is 9.11. The highest BCUT2D eigenvalue weighted by atomic mass is 15.1. The van der Waals surface area contributed by atoms with Gasteiger partial charge >= 0.3 is 0 Å². The molecule has 2 nitrogen and oxygen atoms in total. The highest BCUT2D eigenvalue weighted by Crippen LogP contribution is 2.04. The molecule has 0 aromatic heterocycles. The van der Waals surface area contributed by atoms with Crippen molar-refractivity contribution < 1.29 is 0 Å². The maximum absolute atomic E-state index is 5.78. The van der Waals surface area contributed by atoms with Crippen LogP contribution in [0, 0.1) is 0 Å². The van der Waals surface area contributed by atoms with E-state index in [9.17, 15) is 0 Å². The van der Waals surface area contributed by atoms with E-state index in [-0.39, 0.29) is 6.04 Å². The normalized spacial score (nSPS) is 13.1. The quantitative estimate of drug-likeness (QED) is 0.771. The monoisotopic (exact) mass is 192 g/mol. The average molecular weight is 192 g/mol. The molecule has 2 heteroatoms. The minimum absolute atomic E-state index is 0.249. The van der Waals surface area contributed by atoms with Gasteiger partial charge in [0, 0.05) is 19.1 Å². The van der Waals surface area contributed by atoms with Crippen molar-refractivity contribution in [1.82, 2.24) is 4.90 Å². The van der Waals surface area contributed by atoms with Gasteiger partial charge in [0.15, 0.2) is 0 Å². The highest BCUT2D eigenvalue weighted by Gasteiger charge is 2.05. The third-order valence-corrected chi connectivity index (χ3v) is 2.24. The first-order chi connectivity index (χ1) is 6.72. The third-order valence-electron chi connectivity index (χ3n) is 2.24. The Hall–Kier alpha value is -0.860. The van der Waals surface area contributed by atoms with Crippen LogP contribution in [0.1, 0.15) is 19.4 Å². The van der Waals surface area contributed by atoms with E-state index < -0.39 is 0 Å². The molecule has 0 spiro atoms. The molecule has 78 valence electrons. The second kappa shape index (κ2) is 5.78. The lowest BCUT2D eigenvalue weighted by Gasteiger charge is -2.22. The molecule has 0 radical (unpaired) electrons. The summed E-state index contributed by atoms with van der Waals surface area (Å²) < 4.78 is 0. The zero-order valence-electron chi connectivity index (χ0n) is 9.11. The van der Waals surface area contributed by atoms with Gasteiger partial charge in [0.25, 0.3) is 0 Å². The zero-order chi connectivity index (χ0) is 10.4. The SMILES string of the molecule is CCN(Cc1ccccc1)C[C@H](C)N.